The lowest BCUT2D eigenvalue weighted by Gasteiger charge is -2.30. The van der Waals surface area contributed by atoms with E-state index in [-0.39, 0.29) is 12.4 Å². The van der Waals surface area contributed by atoms with E-state index in [2.05, 4.69) is 9.89 Å². The third-order valence-electron chi connectivity index (χ3n) is 5.38. The molecule has 10 heteroatoms. The number of ether oxygens (including phenoxy) is 3. The Balaban J connectivity index is 1.36. The molecule has 0 aromatic heterocycles. The van der Waals surface area contributed by atoms with Crippen molar-refractivity contribution in [2.75, 3.05) is 55.8 Å². The fourth-order valence-electron chi connectivity index (χ4n) is 3.70. The fraction of sp³-hybridized carbons (Fsp3) is 0.348. The van der Waals surface area contributed by atoms with E-state index in [1.807, 2.05) is 24.3 Å². The molecule has 10 nitrogen and oxygen atoms in total. The Hall–Kier alpha value is -3.79. The van der Waals surface area contributed by atoms with Crippen molar-refractivity contribution in [1.82, 2.24) is 0 Å². The second-order valence-corrected chi connectivity index (χ2v) is 7.64. The van der Waals surface area contributed by atoms with Crippen molar-refractivity contribution in [2.45, 2.75) is 6.10 Å². The molecule has 0 saturated carbocycles. The zero-order chi connectivity index (χ0) is 23.2. The van der Waals surface area contributed by atoms with Gasteiger partial charge in [0.15, 0.2) is 6.10 Å². The number of nitrogens with zero attached hydrogens (tertiary/aromatic N) is 3. The van der Waals surface area contributed by atoms with E-state index in [4.69, 9.17) is 25.1 Å². The monoisotopic (exact) mass is 454 g/mol. The third-order valence-corrected chi connectivity index (χ3v) is 5.38. The van der Waals surface area contributed by atoms with Gasteiger partial charge in [-0.15, -0.1) is 0 Å². The number of benzene rings is 2. The molecule has 2 aliphatic rings. The molecule has 2 aromatic carbocycles. The summed E-state index contributed by atoms with van der Waals surface area (Å²) in [5.74, 6) is -0.192. The largest absolute Gasteiger partial charge is 0.487 e. The van der Waals surface area contributed by atoms with Crippen molar-refractivity contribution in [3.8, 4) is 5.75 Å². The first kappa shape index (κ1) is 22.4. The van der Waals surface area contributed by atoms with Crippen LogP contribution in [0.5, 0.6) is 5.75 Å². The molecule has 0 bridgehead atoms. The smallest absolute Gasteiger partial charge is 0.414 e. The first-order valence-electron chi connectivity index (χ1n) is 10.7. The van der Waals surface area contributed by atoms with Crippen LogP contribution in [0.15, 0.2) is 53.5 Å². The second-order valence-electron chi connectivity index (χ2n) is 7.64. The van der Waals surface area contributed by atoms with Crippen molar-refractivity contribution in [3.05, 3.63) is 54.1 Å². The summed E-state index contributed by atoms with van der Waals surface area (Å²) >= 11 is 0. The minimum atomic E-state index is -1.06. The predicted octanol–water partition coefficient (Wildman–Crippen LogP) is 1.72. The number of morpholine rings is 1. The number of hydrogen-bond acceptors (Lipinski definition) is 7. The number of carbonyl (C=O) groups excluding carboxylic acids is 1. The van der Waals surface area contributed by atoms with Crippen LogP contribution in [0.2, 0.25) is 0 Å². The summed E-state index contributed by atoms with van der Waals surface area (Å²) in [6, 6.07) is 14.6. The molecule has 2 fully saturated rings. The van der Waals surface area contributed by atoms with Crippen LogP contribution >= 0.6 is 0 Å². The SMILES string of the molecule is NC(=NCC(=O)O)c1ccc(N2CC(COc3ccccc3N3CCOCC3)OC2=O)cc1. The number of aliphatic carboxylic acids is 1. The van der Waals surface area contributed by atoms with Gasteiger partial charge in [0.1, 0.15) is 24.7 Å². The van der Waals surface area contributed by atoms with Gasteiger partial charge in [0.05, 0.1) is 25.4 Å². The highest BCUT2D eigenvalue weighted by Crippen LogP contribution is 2.29. The zero-order valence-electron chi connectivity index (χ0n) is 18.1. The van der Waals surface area contributed by atoms with Gasteiger partial charge >= 0.3 is 12.1 Å². The Morgan fingerprint density at radius 2 is 1.88 bits per heavy atom. The predicted molar refractivity (Wildman–Crippen MR) is 122 cm³/mol. The van der Waals surface area contributed by atoms with Gasteiger partial charge < -0.3 is 30.0 Å². The Morgan fingerprint density at radius 1 is 1.15 bits per heavy atom. The van der Waals surface area contributed by atoms with Crippen molar-refractivity contribution >= 4 is 29.3 Å². The summed E-state index contributed by atoms with van der Waals surface area (Å²) in [7, 11) is 0. The van der Waals surface area contributed by atoms with E-state index in [1.165, 1.54) is 4.90 Å². The van der Waals surface area contributed by atoms with Crippen molar-refractivity contribution in [3.63, 3.8) is 0 Å². The highest BCUT2D eigenvalue weighted by Gasteiger charge is 2.33. The van der Waals surface area contributed by atoms with Gasteiger partial charge in [0.25, 0.3) is 0 Å². The van der Waals surface area contributed by atoms with Crippen molar-refractivity contribution in [1.29, 1.82) is 0 Å². The molecule has 2 aliphatic heterocycles. The average molecular weight is 454 g/mol. The number of amides is 1. The molecule has 2 heterocycles. The molecule has 2 aromatic rings. The van der Waals surface area contributed by atoms with Gasteiger partial charge in [0, 0.05) is 24.3 Å². The van der Waals surface area contributed by atoms with E-state index in [0.717, 1.165) is 24.5 Å². The molecular formula is C23H26N4O6. The van der Waals surface area contributed by atoms with Crippen LogP contribution in [-0.4, -0.2) is 75.1 Å². The summed E-state index contributed by atoms with van der Waals surface area (Å²) in [6.07, 6.45) is -0.873. The Kier molecular flexibility index (Phi) is 6.94. The molecule has 1 unspecified atom stereocenters. The van der Waals surface area contributed by atoms with E-state index in [1.54, 1.807) is 24.3 Å². The van der Waals surface area contributed by atoms with Gasteiger partial charge in [0.2, 0.25) is 0 Å². The number of carboxylic acids is 1. The van der Waals surface area contributed by atoms with Crippen molar-refractivity contribution in [2.24, 2.45) is 10.7 Å². The number of hydrogen-bond donors (Lipinski definition) is 2. The lowest BCUT2D eigenvalue weighted by atomic mass is 10.2. The normalized spacial score (nSPS) is 18.8. The number of amidine groups is 1. The number of nitrogens with two attached hydrogens (primary N) is 1. The van der Waals surface area contributed by atoms with Crippen LogP contribution in [-0.2, 0) is 14.3 Å². The quantitative estimate of drug-likeness (QED) is 0.456. The van der Waals surface area contributed by atoms with Crippen LogP contribution in [0, 0.1) is 0 Å². The maximum Gasteiger partial charge on any atom is 0.414 e. The molecule has 1 amide bonds. The Bertz CT molecular complexity index is 1020. The summed E-state index contributed by atoms with van der Waals surface area (Å²) in [4.78, 5) is 30.6. The standard InChI is InChI=1S/C23H26N4O6/c24-22(25-13-21(28)29)16-5-7-17(8-6-16)27-14-18(33-23(27)30)15-32-20-4-2-1-3-19(20)26-9-11-31-12-10-26/h1-8,18H,9-15H2,(H2,24,25)(H,28,29). The maximum atomic E-state index is 12.4. The van der Waals surface area contributed by atoms with Gasteiger partial charge in [-0.25, -0.2) is 4.79 Å². The minimum Gasteiger partial charge on any atom is -0.487 e. The van der Waals surface area contributed by atoms with Crippen LogP contribution in [0.4, 0.5) is 16.2 Å². The van der Waals surface area contributed by atoms with E-state index in [0.29, 0.717) is 31.0 Å². The Labute approximate surface area is 191 Å². The summed E-state index contributed by atoms with van der Waals surface area (Å²) in [5.41, 5.74) is 8.03. The molecule has 33 heavy (non-hydrogen) atoms. The first-order chi connectivity index (χ1) is 16.0. The molecule has 2 saturated heterocycles. The molecule has 0 spiro atoms. The molecule has 4 rings (SSSR count). The maximum absolute atomic E-state index is 12.4. The van der Waals surface area contributed by atoms with Crippen LogP contribution in [0.1, 0.15) is 5.56 Å². The first-order valence-corrected chi connectivity index (χ1v) is 10.7. The van der Waals surface area contributed by atoms with Crippen LogP contribution in [0.25, 0.3) is 0 Å². The van der Waals surface area contributed by atoms with Gasteiger partial charge in [-0.1, -0.05) is 12.1 Å². The molecule has 174 valence electrons. The van der Waals surface area contributed by atoms with Crippen LogP contribution in [0.3, 0.4) is 0 Å². The molecule has 0 radical (unpaired) electrons. The number of carbonyl (C=O) groups is 2. The molecule has 0 aliphatic carbocycles. The summed E-state index contributed by atoms with van der Waals surface area (Å²) in [6.45, 7) is 3.14. The number of cyclic esters (lactones) is 1. The van der Waals surface area contributed by atoms with Gasteiger partial charge in [-0.2, -0.15) is 0 Å². The molecular weight excluding hydrogens is 428 g/mol. The average Bonchev–Trinajstić information content (AvgIpc) is 3.22. The van der Waals surface area contributed by atoms with E-state index in [9.17, 15) is 9.59 Å². The van der Waals surface area contributed by atoms with E-state index >= 15 is 0 Å². The number of rotatable bonds is 8. The van der Waals surface area contributed by atoms with E-state index < -0.39 is 24.7 Å². The minimum absolute atomic E-state index is 0.123. The van der Waals surface area contributed by atoms with Gasteiger partial charge in [-0.3, -0.25) is 14.7 Å². The Morgan fingerprint density at radius 3 is 2.61 bits per heavy atom. The lowest BCUT2D eigenvalue weighted by Crippen LogP contribution is -2.36. The number of aliphatic imine (C=N–C) groups is 1. The second kappa shape index (κ2) is 10.2. The van der Waals surface area contributed by atoms with Gasteiger partial charge in [-0.05, 0) is 36.4 Å². The molecule has 3 N–H and O–H groups in total. The zero-order valence-corrected chi connectivity index (χ0v) is 18.1. The highest BCUT2D eigenvalue weighted by atomic mass is 16.6. The lowest BCUT2D eigenvalue weighted by molar-refractivity contribution is -0.135. The highest BCUT2D eigenvalue weighted by molar-refractivity contribution is 5.99. The van der Waals surface area contributed by atoms with Crippen LogP contribution < -0.4 is 20.3 Å². The molecule has 1 atom stereocenters. The fourth-order valence-corrected chi connectivity index (χ4v) is 3.70. The third kappa shape index (κ3) is 5.53. The number of para-hydroxylation sites is 2. The topological polar surface area (TPSA) is 127 Å². The summed E-state index contributed by atoms with van der Waals surface area (Å²) in [5, 5.41) is 8.71. The summed E-state index contributed by atoms with van der Waals surface area (Å²) < 4.78 is 17.0. The number of anilines is 2. The number of carboxylic acid groups (broad SMARTS) is 1. The van der Waals surface area contributed by atoms with Crippen molar-refractivity contribution < 1.29 is 28.9 Å².